The zero-order valence-corrected chi connectivity index (χ0v) is 20.8. The standard InChI is InChI=1S/C20H27F3N4O2S.HI/c1-4-24-19(25-10-9-18-27-13(2)14(3)30-18)26-11-16(28)12-29-17-7-5-15(6-8-17)20(21,22)23;/h5-8,16,28H,4,9-12H2,1-3H3,(H2,24,25,26);1H. The van der Waals surface area contributed by atoms with Crippen molar-refractivity contribution in [2.24, 2.45) is 4.99 Å². The van der Waals surface area contributed by atoms with E-state index in [1.165, 1.54) is 17.0 Å². The Balaban J connectivity index is 0.00000480. The molecule has 0 aliphatic heterocycles. The lowest BCUT2D eigenvalue weighted by Crippen LogP contribution is -2.39. The summed E-state index contributed by atoms with van der Waals surface area (Å²) in [5.41, 5.74) is 0.302. The van der Waals surface area contributed by atoms with E-state index in [2.05, 4.69) is 20.6 Å². The van der Waals surface area contributed by atoms with E-state index in [1.54, 1.807) is 11.3 Å². The Hall–Kier alpha value is -1.60. The summed E-state index contributed by atoms with van der Waals surface area (Å²) in [4.78, 5) is 10.0. The van der Waals surface area contributed by atoms with E-state index >= 15 is 0 Å². The maximum absolute atomic E-state index is 12.6. The number of rotatable bonds is 9. The van der Waals surface area contributed by atoms with Gasteiger partial charge in [-0.2, -0.15) is 13.2 Å². The minimum atomic E-state index is -4.39. The summed E-state index contributed by atoms with van der Waals surface area (Å²) >= 11 is 1.67. The number of hydrogen-bond acceptors (Lipinski definition) is 5. The summed E-state index contributed by atoms with van der Waals surface area (Å²) < 4.78 is 43.0. The molecule has 0 saturated heterocycles. The molecule has 0 radical (unpaired) electrons. The number of hydrogen-bond donors (Lipinski definition) is 3. The number of benzene rings is 1. The first-order chi connectivity index (χ1) is 14.2. The second-order valence-corrected chi connectivity index (χ2v) is 7.92. The summed E-state index contributed by atoms with van der Waals surface area (Å²) in [5, 5.41) is 17.4. The van der Waals surface area contributed by atoms with Gasteiger partial charge in [0, 0.05) is 24.4 Å². The molecule has 0 fully saturated rings. The monoisotopic (exact) mass is 572 g/mol. The van der Waals surface area contributed by atoms with Crippen LogP contribution < -0.4 is 15.4 Å². The molecular weight excluding hydrogens is 544 g/mol. The normalized spacial score (nSPS) is 12.8. The van der Waals surface area contributed by atoms with Crippen molar-refractivity contribution in [2.75, 3.05) is 26.2 Å². The van der Waals surface area contributed by atoms with E-state index in [-0.39, 0.29) is 42.9 Å². The van der Waals surface area contributed by atoms with Gasteiger partial charge in [-0.1, -0.05) is 0 Å². The van der Waals surface area contributed by atoms with Gasteiger partial charge < -0.3 is 20.5 Å². The first-order valence-corrected chi connectivity index (χ1v) is 10.4. The topological polar surface area (TPSA) is 78.8 Å². The third-order valence-electron chi connectivity index (χ3n) is 4.13. The van der Waals surface area contributed by atoms with Crippen LogP contribution in [-0.2, 0) is 12.6 Å². The summed E-state index contributed by atoms with van der Waals surface area (Å²) in [6.07, 6.45) is -4.52. The lowest BCUT2D eigenvalue weighted by atomic mass is 10.2. The quantitative estimate of drug-likeness (QED) is 0.241. The molecule has 0 aliphatic rings. The molecule has 1 aromatic heterocycles. The van der Waals surface area contributed by atoms with Crippen molar-refractivity contribution in [1.82, 2.24) is 15.6 Å². The Morgan fingerprint density at radius 1 is 1.23 bits per heavy atom. The minimum absolute atomic E-state index is 0. The molecule has 1 unspecified atom stereocenters. The van der Waals surface area contributed by atoms with Gasteiger partial charge in [0.15, 0.2) is 5.96 Å². The Morgan fingerprint density at radius 2 is 1.90 bits per heavy atom. The fourth-order valence-electron chi connectivity index (χ4n) is 2.46. The van der Waals surface area contributed by atoms with Gasteiger partial charge in [0.2, 0.25) is 0 Å². The van der Waals surface area contributed by atoms with Crippen molar-refractivity contribution in [3.63, 3.8) is 0 Å². The maximum atomic E-state index is 12.6. The van der Waals surface area contributed by atoms with Crippen LogP contribution in [0.2, 0.25) is 0 Å². The summed E-state index contributed by atoms with van der Waals surface area (Å²) in [5.74, 6) is 0.821. The lowest BCUT2D eigenvalue weighted by molar-refractivity contribution is -0.137. The van der Waals surface area contributed by atoms with Gasteiger partial charge in [-0.3, -0.25) is 4.99 Å². The Morgan fingerprint density at radius 3 is 2.45 bits per heavy atom. The fraction of sp³-hybridized carbons (Fsp3) is 0.500. The molecule has 3 N–H and O–H groups in total. The molecule has 174 valence electrons. The average Bonchev–Trinajstić information content (AvgIpc) is 3.01. The van der Waals surface area contributed by atoms with Crippen molar-refractivity contribution < 1.29 is 23.0 Å². The molecule has 11 heteroatoms. The Kier molecular flexibility index (Phi) is 11.6. The predicted octanol–water partition coefficient (Wildman–Crippen LogP) is 3.93. The van der Waals surface area contributed by atoms with E-state index in [1.807, 2.05) is 20.8 Å². The van der Waals surface area contributed by atoms with Crippen LogP contribution in [0, 0.1) is 13.8 Å². The van der Waals surface area contributed by atoms with E-state index in [0.717, 1.165) is 29.3 Å². The molecule has 2 rings (SSSR count). The molecule has 1 heterocycles. The van der Waals surface area contributed by atoms with Gasteiger partial charge in [0.25, 0.3) is 0 Å². The van der Waals surface area contributed by atoms with Crippen LogP contribution in [0.5, 0.6) is 5.75 Å². The van der Waals surface area contributed by atoms with Crippen molar-refractivity contribution in [3.8, 4) is 5.75 Å². The van der Waals surface area contributed by atoms with Crippen LogP contribution in [0.25, 0.3) is 0 Å². The Labute approximate surface area is 201 Å². The van der Waals surface area contributed by atoms with Gasteiger partial charge >= 0.3 is 6.18 Å². The molecular formula is C20H28F3IN4O2S. The highest BCUT2D eigenvalue weighted by Gasteiger charge is 2.30. The molecule has 2 aromatic rings. The number of aliphatic hydroxyl groups is 1. The lowest BCUT2D eigenvalue weighted by Gasteiger charge is -2.14. The fourth-order valence-corrected chi connectivity index (χ4v) is 3.39. The van der Waals surface area contributed by atoms with Crippen molar-refractivity contribution in [2.45, 2.75) is 39.5 Å². The third kappa shape index (κ3) is 9.60. The van der Waals surface area contributed by atoms with E-state index < -0.39 is 17.8 Å². The van der Waals surface area contributed by atoms with E-state index in [4.69, 9.17) is 4.74 Å². The van der Waals surface area contributed by atoms with Crippen molar-refractivity contribution in [1.29, 1.82) is 0 Å². The van der Waals surface area contributed by atoms with Gasteiger partial charge in [-0.15, -0.1) is 35.3 Å². The largest absolute Gasteiger partial charge is 0.491 e. The second kappa shape index (κ2) is 13.1. The van der Waals surface area contributed by atoms with Gasteiger partial charge in [0.05, 0.1) is 22.8 Å². The first-order valence-electron chi connectivity index (χ1n) is 9.62. The number of alkyl halides is 3. The molecule has 0 saturated carbocycles. The van der Waals surface area contributed by atoms with Crippen LogP contribution in [0.15, 0.2) is 29.3 Å². The number of nitrogens with one attached hydrogen (secondary N) is 2. The van der Waals surface area contributed by atoms with Gasteiger partial charge in [0.1, 0.15) is 18.5 Å². The predicted molar refractivity (Wildman–Crippen MR) is 128 cm³/mol. The highest BCUT2D eigenvalue weighted by atomic mass is 127. The highest BCUT2D eigenvalue weighted by Crippen LogP contribution is 2.30. The van der Waals surface area contributed by atoms with Gasteiger partial charge in [-0.05, 0) is 45.0 Å². The summed E-state index contributed by atoms with van der Waals surface area (Å²) in [7, 11) is 0. The Bertz CT molecular complexity index is 809. The number of nitrogens with zero attached hydrogens (tertiary/aromatic N) is 2. The molecule has 31 heavy (non-hydrogen) atoms. The smallest absolute Gasteiger partial charge is 0.416 e. The molecule has 0 bridgehead atoms. The van der Waals surface area contributed by atoms with Crippen LogP contribution in [0.1, 0.15) is 28.1 Å². The van der Waals surface area contributed by atoms with E-state index in [0.29, 0.717) is 19.0 Å². The van der Waals surface area contributed by atoms with Gasteiger partial charge in [-0.25, -0.2) is 4.98 Å². The van der Waals surface area contributed by atoms with E-state index in [9.17, 15) is 18.3 Å². The molecule has 6 nitrogen and oxygen atoms in total. The van der Waals surface area contributed by atoms with Crippen molar-refractivity contribution >= 4 is 41.3 Å². The summed E-state index contributed by atoms with van der Waals surface area (Å²) in [6, 6.07) is 4.34. The molecule has 0 aliphatic carbocycles. The average molecular weight is 572 g/mol. The molecule has 1 aromatic carbocycles. The zero-order valence-electron chi connectivity index (χ0n) is 17.6. The number of aliphatic imine (C=N–C) groups is 1. The number of ether oxygens (including phenoxy) is 1. The third-order valence-corrected chi connectivity index (χ3v) is 5.27. The number of aromatic nitrogens is 1. The summed E-state index contributed by atoms with van der Waals surface area (Å²) in [6.45, 7) is 7.30. The number of aliphatic hydroxyl groups excluding tert-OH is 1. The van der Waals surface area contributed by atoms with Crippen LogP contribution >= 0.6 is 35.3 Å². The van der Waals surface area contributed by atoms with Crippen LogP contribution in [0.4, 0.5) is 13.2 Å². The SMILES string of the molecule is CCNC(=NCC(O)COc1ccc(C(F)(F)F)cc1)NCCc1nc(C)c(C)s1.I. The number of thiazole rings is 1. The first kappa shape index (κ1) is 27.4. The molecule has 0 amide bonds. The maximum Gasteiger partial charge on any atom is 0.416 e. The minimum Gasteiger partial charge on any atom is -0.491 e. The zero-order chi connectivity index (χ0) is 22.1. The highest BCUT2D eigenvalue weighted by molar-refractivity contribution is 14.0. The van der Waals surface area contributed by atoms with Crippen molar-refractivity contribution in [3.05, 3.63) is 45.4 Å². The van der Waals surface area contributed by atoms with Crippen LogP contribution in [0.3, 0.4) is 0 Å². The number of halogens is 4. The molecule has 0 spiro atoms. The number of aryl methyl sites for hydroxylation is 2. The van der Waals surface area contributed by atoms with Crippen LogP contribution in [-0.4, -0.2) is 48.4 Å². The number of guanidine groups is 1. The second-order valence-electron chi connectivity index (χ2n) is 6.63. The molecule has 1 atom stereocenters.